The van der Waals surface area contributed by atoms with Crippen LogP contribution in [0.1, 0.15) is 28.8 Å². The van der Waals surface area contributed by atoms with Crippen molar-refractivity contribution in [3.05, 3.63) is 59.4 Å². The van der Waals surface area contributed by atoms with Crippen molar-refractivity contribution in [3.63, 3.8) is 0 Å². The SMILES string of the molecule is O=C(N[C@H]1CN2CCC1CC2)c1ccc2c(c1)O[C@@H](COCc1ccccc1F)CO2. The number of rotatable bonds is 6. The van der Waals surface area contributed by atoms with Crippen molar-refractivity contribution in [2.45, 2.75) is 31.6 Å². The van der Waals surface area contributed by atoms with E-state index in [4.69, 9.17) is 14.2 Å². The van der Waals surface area contributed by atoms with Gasteiger partial charge in [0, 0.05) is 23.7 Å². The fourth-order valence-electron chi connectivity index (χ4n) is 4.64. The van der Waals surface area contributed by atoms with Gasteiger partial charge in [0.05, 0.1) is 13.2 Å². The molecule has 1 amide bonds. The highest BCUT2D eigenvalue weighted by molar-refractivity contribution is 5.95. The maximum atomic E-state index is 13.7. The summed E-state index contributed by atoms with van der Waals surface area (Å²) in [6.07, 6.45) is 1.99. The van der Waals surface area contributed by atoms with Crippen molar-refractivity contribution >= 4 is 5.91 Å². The smallest absolute Gasteiger partial charge is 0.251 e. The summed E-state index contributed by atoms with van der Waals surface area (Å²) in [4.78, 5) is 15.2. The first-order valence-corrected chi connectivity index (χ1v) is 10.9. The highest BCUT2D eigenvalue weighted by atomic mass is 19.1. The monoisotopic (exact) mass is 426 g/mol. The molecule has 2 aromatic rings. The van der Waals surface area contributed by atoms with Gasteiger partial charge in [-0.1, -0.05) is 18.2 Å². The second-order valence-corrected chi connectivity index (χ2v) is 8.54. The Morgan fingerprint density at radius 2 is 2.00 bits per heavy atom. The fraction of sp³-hybridized carbons (Fsp3) is 0.458. The molecule has 1 N–H and O–H groups in total. The lowest BCUT2D eigenvalue weighted by Gasteiger charge is -2.44. The summed E-state index contributed by atoms with van der Waals surface area (Å²) in [6, 6.07) is 12.0. The van der Waals surface area contributed by atoms with Gasteiger partial charge in [0.15, 0.2) is 17.6 Å². The zero-order chi connectivity index (χ0) is 21.2. The molecule has 7 heteroatoms. The fourth-order valence-corrected chi connectivity index (χ4v) is 4.64. The first-order chi connectivity index (χ1) is 15.2. The number of carbonyl (C=O) groups excluding carboxylic acids is 1. The molecule has 0 aromatic heterocycles. The van der Waals surface area contributed by atoms with Crippen LogP contribution in [0.3, 0.4) is 0 Å². The van der Waals surface area contributed by atoms with Gasteiger partial charge in [0.25, 0.3) is 5.91 Å². The van der Waals surface area contributed by atoms with Crippen LogP contribution in [0.5, 0.6) is 11.5 Å². The van der Waals surface area contributed by atoms with E-state index in [1.54, 1.807) is 36.4 Å². The maximum Gasteiger partial charge on any atom is 0.251 e. The molecule has 0 unspecified atom stereocenters. The Morgan fingerprint density at radius 3 is 2.77 bits per heavy atom. The van der Waals surface area contributed by atoms with Gasteiger partial charge in [0.1, 0.15) is 12.4 Å². The van der Waals surface area contributed by atoms with E-state index in [2.05, 4.69) is 10.2 Å². The van der Waals surface area contributed by atoms with Gasteiger partial charge in [-0.15, -0.1) is 0 Å². The van der Waals surface area contributed by atoms with Crippen LogP contribution in [-0.2, 0) is 11.3 Å². The van der Waals surface area contributed by atoms with Crippen molar-refractivity contribution in [3.8, 4) is 11.5 Å². The van der Waals surface area contributed by atoms with Gasteiger partial charge >= 0.3 is 0 Å². The molecule has 0 aliphatic carbocycles. The zero-order valence-corrected chi connectivity index (χ0v) is 17.4. The first kappa shape index (κ1) is 20.3. The Balaban J connectivity index is 1.17. The molecule has 4 aliphatic rings. The van der Waals surface area contributed by atoms with Gasteiger partial charge in [-0.3, -0.25) is 4.79 Å². The van der Waals surface area contributed by atoms with Crippen LogP contribution >= 0.6 is 0 Å². The predicted molar refractivity (Wildman–Crippen MR) is 113 cm³/mol. The standard InChI is InChI=1S/C24H27FN2O4/c25-20-4-2-1-3-18(20)13-29-14-19-15-30-22-6-5-17(11-23(22)31-19)24(28)26-21-12-27-9-7-16(21)8-10-27/h1-6,11,16,19,21H,7-10,12-15H2,(H,26,28)/t19-,21-/m0/s1. The minimum atomic E-state index is -0.320. The van der Waals surface area contributed by atoms with Crippen molar-refractivity contribution in [2.24, 2.45) is 5.92 Å². The Bertz CT molecular complexity index is 945. The molecule has 6 rings (SSSR count). The van der Waals surface area contributed by atoms with Crippen LogP contribution < -0.4 is 14.8 Å². The number of hydrogen-bond donors (Lipinski definition) is 1. The highest BCUT2D eigenvalue weighted by Crippen LogP contribution is 2.33. The third-order valence-corrected chi connectivity index (χ3v) is 6.42. The Labute approximate surface area is 181 Å². The summed E-state index contributed by atoms with van der Waals surface area (Å²) in [5.74, 6) is 1.36. The average Bonchev–Trinajstić information content (AvgIpc) is 2.80. The third-order valence-electron chi connectivity index (χ3n) is 6.42. The number of nitrogens with one attached hydrogen (secondary N) is 1. The molecule has 3 fully saturated rings. The topological polar surface area (TPSA) is 60.0 Å². The lowest BCUT2D eigenvalue weighted by Crippen LogP contribution is -2.57. The lowest BCUT2D eigenvalue weighted by atomic mass is 9.84. The van der Waals surface area contributed by atoms with E-state index in [9.17, 15) is 9.18 Å². The first-order valence-electron chi connectivity index (χ1n) is 10.9. The van der Waals surface area contributed by atoms with Crippen molar-refractivity contribution < 1.29 is 23.4 Å². The Kier molecular flexibility index (Phi) is 5.78. The number of benzene rings is 2. The van der Waals surface area contributed by atoms with Crippen LogP contribution in [0.2, 0.25) is 0 Å². The summed E-state index contributed by atoms with van der Waals surface area (Å²) >= 11 is 0. The Hall–Kier alpha value is -2.64. The minimum Gasteiger partial charge on any atom is -0.486 e. The van der Waals surface area contributed by atoms with Crippen molar-refractivity contribution in [1.82, 2.24) is 10.2 Å². The molecule has 3 saturated heterocycles. The number of halogens is 1. The van der Waals surface area contributed by atoms with Crippen LogP contribution in [0.25, 0.3) is 0 Å². The third kappa shape index (κ3) is 4.52. The Morgan fingerprint density at radius 1 is 1.16 bits per heavy atom. The number of hydrogen-bond acceptors (Lipinski definition) is 5. The lowest BCUT2D eigenvalue weighted by molar-refractivity contribution is 0.00200. The zero-order valence-electron chi connectivity index (χ0n) is 17.4. The predicted octanol–water partition coefficient (Wildman–Crippen LogP) is 3.01. The molecule has 0 saturated carbocycles. The number of ether oxygens (including phenoxy) is 3. The molecule has 4 aliphatic heterocycles. The minimum absolute atomic E-state index is 0.0805. The van der Waals surface area contributed by atoms with Gasteiger partial charge in [-0.2, -0.15) is 0 Å². The maximum absolute atomic E-state index is 13.7. The molecule has 0 spiro atoms. The van der Waals surface area contributed by atoms with Gasteiger partial charge < -0.3 is 24.4 Å². The molecule has 2 bridgehead atoms. The van der Waals surface area contributed by atoms with E-state index >= 15 is 0 Å². The highest BCUT2D eigenvalue weighted by Gasteiger charge is 2.35. The van der Waals surface area contributed by atoms with Crippen molar-refractivity contribution in [1.29, 1.82) is 0 Å². The summed E-state index contributed by atoms with van der Waals surface area (Å²) in [5, 5.41) is 3.21. The summed E-state index contributed by atoms with van der Waals surface area (Å²) < 4.78 is 31.1. The van der Waals surface area contributed by atoms with E-state index in [0.717, 1.165) is 32.5 Å². The number of amides is 1. The second kappa shape index (κ2) is 8.85. The molecule has 6 nitrogen and oxygen atoms in total. The van der Waals surface area contributed by atoms with Crippen LogP contribution in [0, 0.1) is 11.7 Å². The molecular weight excluding hydrogens is 399 g/mol. The van der Waals surface area contributed by atoms with Gasteiger partial charge in [0.2, 0.25) is 0 Å². The van der Waals surface area contributed by atoms with Crippen LogP contribution in [0.15, 0.2) is 42.5 Å². The van der Waals surface area contributed by atoms with E-state index in [0.29, 0.717) is 35.2 Å². The summed E-state index contributed by atoms with van der Waals surface area (Å²) in [7, 11) is 0. The van der Waals surface area contributed by atoms with E-state index < -0.39 is 0 Å². The molecule has 0 radical (unpaired) electrons. The average molecular weight is 426 g/mol. The molecule has 2 aromatic carbocycles. The normalized spacial score (nSPS) is 26.5. The molecular formula is C24H27FN2O4. The van der Waals surface area contributed by atoms with E-state index in [-0.39, 0.29) is 37.1 Å². The van der Waals surface area contributed by atoms with Crippen LogP contribution in [-0.4, -0.2) is 55.8 Å². The number of fused-ring (bicyclic) bond motifs is 4. The number of carbonyl (C=O) groups is 1. The van der Waals surface area contributed by atoms with Gasteiger partial charge in [-0.25, -0.2) is 4.39 Å². The molecule has 31 heavy (non-hydrogen) atoms. The van der Waals surface area contributed by atoms with Crippen molar-refractivity contribution in [2.75, 3.05) is 32.8 Å². The van der Waals surface area contributed by atoms with Gasteiger partial charge in [-0.05, 0) is 56.1 Å². The summed E-state index contributed by atoms with van der Waals surface area (Å²) in [5.41, 5.74) is 1.07. The van der Waals surface area contributed by atoms with E-state index in [1.165, 1.54) is 6.07 Å². The van der Waals surface area contributed by atoms with Crippen LogP contribution in [0.4, 0.5) is 4.39 Å². The molecule has 2 atom stereocenters. The largest absolute Gasteiger partial charge is 0.486 e. The quantitative estimate of drug-likeness (QED) is 0.770. The number of nitrogens with zero attached hydrogens (tertiary/aromatic N) is 1. The second-order valence-electron chi connectivity index (χ2n) is 8.54. The van der Waals surface area contributed by atoms with E-state index in [1.807, 2.05) is 0 Å². The molecule has 164 valence electrons. The molecule has 4 heterocycles. The summed E-state index contributed by atoms with van der Waals surface area (Å²) in [6.45, 7) is 3.99. The number of piperidine rings is 3.